The van der Waals surface area contributed by atoms with Gasteiger partial charge in [0.2, 0.25) is 5.91 Å². The van der Waals surface area contributed by atoms with E-state index in [1.165, 1.54) is 11.3 Å². The van der Waals surface area contributed by atoms with Gasteiger partial charge in [-0.3, -0.25) is 9.28 Å². The van der Waals surface area contributed by atoms with Crippen LogP contribution >= 0.6 is 0 Å². The molecule has 1 N–H and O–H groups in total. The van der Waals surface area contributed by atoms with Crippen molar-refractivity contribution in [2.75, 3.05) is 19.4 Å². The van der Waals surface area contributed by atoms with Crippen molar-refractivity contribution in [2.24, 2.45) is 10.8 Å². The Kier molecular flexibility index (Phi) is 6.16. The number of benzene rings is 2. The minimum atomic E-state index is -0.403. The molecule has 0 radical (unpaired) electrons. The van der Waals surface area contributed by atoms with E-state index in [0.717, 1.165) is 23.1 Å². The molecule has 2 aromatic carbocycles. The quantitative estimate of drug-likeness (QED) is 0.637. The zero-order chi connectivity index (χ0) is 20.3. The Bertz CT molecular complexity index is 753. The molecule has 146 valence electrons. The van der Waals surface area contributed by atoms with E-state index in [2.05, 4.69) is 76.6 Å². The van der Waals surface area contributed by atoms with Gasteiger partial charge in [0.1, 0.15) is 12.2 Å². The Balaban J connectivity index is 2.07. The monoisotopic (exact) mass is 367 g/mol. The van der Waals surface area contributed by atoms with Crippen molar-refractivity contribution in [3.8, 4) is 0 Å². The Hall–Kier alpha value is -2.13. The molecule has 0 heterocycles. The van der Waals surface area contributed by atoms with Gasteiger partial charge in [-0.25, -0.2) is 0 Å². The lowest BCUT2D eigenvalue weighted by atomic mass is 9.75. The molecule has 0 saturated heterocycles. The standard InChI is InChI=1S/C24H34N2O/c1-23(2,3)18-24(4,5)22(27)25-20-13-15-21(16-14-20)26(6,7)17-19-11-9-8-10-12-19/h8-16H,17-18H2,1-7H3/p+1. The Morgan fingerprint density at radius 3 is 1.96 bits per heavy atom. The highest BCUT2D eigenvalue weighted by Crippen LogP contribution is 2.34. The van der Waals surface area contributed by atoms with Crippen LogP contribution in [0.1, 0.15) is 46.6 Å². The summed E-state index contributed by atoms with van der Waals surface area (Å²) in [6.45, 7) is 11.5. The van der Waals surface area contributed by atoms with Crippen LogP contribution in [-0.2, 0) is 11.3 Å². The Morgan fingerprint density at radius 2 is 1.44 bits per heavy atom. The van der Waals surface area contributed by atoms with Crippen molar-refractivity contribution >= 4 is 17.3 Å². The average Bonchev–Trinajstić information content (AvgIpc) is 2.53. The largest absolute Gasteiger partial charge is 0.326 e. The number of carbonyl (C=O) groups is 1. The normalized spacial score (nSPS) is 12.7. The van der Waals surface area contributed by atoms with Crippen LogP contribution in [0.15, 0.2) is 54.6 Å². The predicted octanol–water partition coefficient (Wildman–Crippen LogP) is 5.85. The zero-order valence-electron chi connectivity index (χ0n) is 18.0. The first-order valence-corrected chi connectivity index (χ1v) is 9.68. The van der Waals surface area contributed by atoms with Gasteiger partial charge in [-0.15, -0.1) is 0 Å². The highest BCUT2D eigenvalue weighted by atomic mass is 16.2. The summed E-state index contributed by atoms with van der Waals surface area (Å²) < 4.78 is 0.758. The number of anilines is 1. The van der Waals surface area contributed by atoms with Crippen LogP contribution in [0.2, 0.25) is 0 Å². The van der Waals surface area contributed by atoms with Gasteiger partial charge in [-0.05, 0) is 24.0 Å². The molecule has 2 rings (SSSR count). The van der Waals surface area contributed by atoms with Crippen molar-refractivity contribution in [1.82, 2.24) is 4.48 Å². The summed E-state index contributed by atoms with van der Waals surface area (Å²) in [7, 11) is 4.40. The number of hydrogen-bond donors (Lipinski definition) is 1. The highest BCUT2D eigenvalue weighted by Gasteiger charge is 2.32. The molecule has 27 heavy (non-hydrogen) atoms. The number of nitrogens with zero attached hydrogens (tertiary/aromatic N) is 1. The lowest BCUT2D eigenvalue weighted by molar-refractivity contribution is -0.125. The number of hydrogen-bond acceptors (Lipinski definition) is 1. The molecule has 0 fully saturated rings. The van der Waals surface area contributed by atoms with Crippen LogP contribution in [0.25, 0.3) is 0 Å². The van der Waals surface area contributed by atoms with Gasteiger partial charge in [-0.2, -0.15) is 0 Å². The van der Waals surface area contributed by atoms with Gasteiger partial charge < -0.3 is 5.32 Å². The first-order valence-electron chi connectivity index (χ1n) is 9.68. The predicted molar refractivity (Wildman–Crippen MR) is 117 cm³/mol. The maximum absolute atomic E-state index is 12.7. The number of carbonyl (C=O) groups excluding carboxylic acids is 1. The molecule has 0 aliphatic heterocycles. The van der Waals surface area contributed by atoms with Gasteiger partial charge >= 0.3 is 0 Å². The molecule has 0 unspecified atom stereocenters. The lowest BCUT2D eigenvalue weighted by Crippen LogP contribution is -2.39. The van der Waals surface area contributed by atoms with Crippen LogP contribution in [0.3, 0.4) is 0 Å². The first kappa shape index (κ1) is 21.2. The second-order valence-corrected chi connectivity index (χ2v) is 9.95. The Labute approximate surface area is 165 Å². The summed E-state index contributed by atoms with van der Waals surface area (Å²) in [4.78, 5) is 12.7. The molecule has 0 aliphatic rings. The van der Waals surface area contributed by atoms with Crippen molar-refractivity contribution in [1.29, 1.82) is 0 Å². The van der Waals surface area contributed by atoms with Gasteiger partial charge in [0.15, 0.2) is 0 Å². The van der Waals surface area contributed by atoms with Crippen molar-refractivity contribution in [2.45, 2.75) is 47.6 Å². The molecule has 0 saturated carbocycles. The summed E-state index contributed by atoms with van der Waals surface area (Å²) >= 11 is 0. The topological polar surface area (TPSA) is 29.1 Å². The van der Waals surface area contributed by atoms with E-state index in [9.17, 15) is 4.79 Å². The third kappa shape index (κ3) is 6.21. The number of nitrogens with one attached hydrogen (secondary N) is 1. The molecule has 0 spiro atoms. The summed E-state index contributed by atoms with van der Waals surface area (Å²) in [5.74, 6) is 0.0724. The molecule has 3 heteroatoms. The van der Waals surface area contributed by atoms with E-state index >= 15 is 0 Å². The molecule has 0 aliphatic carbocycles. The fraction of sp³-hybridized carbons (Fsp3) is 0.458. The lowest BCUT2D eigenvalue weighted by Gasteiger charge is -2.31. The fourth-order valence-electron chi connectivity index (χ4n) is 3.79. The van der Waals surface area contributed by atoms with E-state index in [-0.39, 0.29) is 11.3 Å². The third-order valence-electron chi connectivity index (χ3n) is 4.83. The van der Waals surface area contributed by atoms with Gasteiger partial charge in [0, 0.05) is 28.8 Å². The van der Waals surface area contributed by atoms with E-state index in [4.69, 9.17) is 0 Å². The summed E-state index contributed by atoms with van der Waals surface area (Å²) in [5, 5.41) is 3.09. The van der Waals surface area contributed by atoms with E-state index in [0.29, 0.717) is 0 Å². The van der Waals surface area contributed by atoms with Gasteiger partial charge in [0.25, 0.3) is 0 Å². The van der Waals surface area contributed by atoms with Crippen molar-refractivity contribution in [3.05, 3.63) is 60.2 Å². The van der Waals surface area contributed by atoms with Crippen molar-refractivity contribution in [3.63, 3.8) is 0 Å². The molecule has 0 bridgehead atoms. The molecular weight excluding hydrogens is 332 g/mol. The minimum Gasteiger partial charge on any atom is -0.326 e. The smallest absolute Gasteiger partial charge is 0.230 e. The SMILES string of the molecule is CC(C)(C)CC(C)(C)C(=O)Nc1ccc([N+](C)(C)Cc2ccccc2)cc1. The number of amides is 1. The van der Waals surface area contributed by atoms with Crippen molar-refractivity contribution < 1.29 is 4.79 Å². The average molecular weight is 368 g/mol. The molecule has 0 atom stereocenters. The van der Waals surface area contributed by atoms with Gasteiger partial charge in [-0.1, -0.05) is 65.0 Å². The number of quaternary nitrogens is 1. The Morgan fingerprint density at radius 1 is 0.889 bits per heavy atom. The maximum Gasteiger partial charge on any atom is 0.230 e. The van der Waals surface area contributed by atoms with Crippen LogP contribution in [0.4, 0.5) is 11.4 Å². The second kappa shape index (κ2) is 7.85. The molecular formula is C24H35N2O+. The van der Waals surface area contributed by atoms with Crippen LogP contribution in [0, 0.1) is 10.8 Å². The second-order valence-electron chi connectivity index (χ2n) is 9.95. The molecule has 2 aromatic rings. The molecule has 0 aromatic heterocycles. The maximum atomic E-state index is 12.7. The van der Waals surface area contributed by atoms with Crippen LogP contribution in [-0.4, -0.2) is 20.0 Å². The first-order chi connectivity index (χ1) is 12.4. The zero-order valence-corrected chi connectivity index (χ0v) is 18.0. The molecule has 3 nitrogen and oxygen atoms in total. The third-order valence-corrected chi connectivity index (χ3v) is 4.83. The minimum absolute atomic E-state index is 0.0724. The summed E-state index contributed by atoms with van der Waals surface area (Å²) in [6.07, 6.45) is 0.838. The van der Waals surface area contributed by atoms with E-state index in [1.807, 2.05) is 32.0 Å². The van der Waals surface area contributed by atoms with Crippen LogP contribution < -0.4 is 9.80 Å². The molecule has 1 amide bonds. The highest BCUT2D eigenvalue weighted by molar-refractivity contribution is 5.94. The van der Waals surface area contributed by atoms with E-state index < -0.39 is 5.41 Å². The van der Waals surface area contributed by atoms with Gasteiger partial charge in [0.05, 0.1) is 14.1 Å². The van der Waals surface area contributed by atoms with E-state index in [1.54, 1.807) is 0 Å². The summed E-state index contributed by atoms with van der Waals surface area (Å²) in [5.41, 5.74) is 3.09. The van der Waals surface area contributed by atoms with Crippen LogP contribution in [0.5, 0.6) is 0 Å². The fourth-order valence-corrected chi connectivity index (χ4v) is 3.79. The number of rotatable bonds is 6. The summed E-state index contributed by atoms with van der Waals surface area (Å²) in [6, 6.07) is 18.7.